The summed E-state index contributed by atoms with van der Waals surface area (Å²) in [5, 5.41) is 13.6. The molecule has 0 aromatic heterocycles. The molecular formula is C11H12N2O2. The number of benzene rings is 1. The fraction of sp³-hybridized carbons (Fsp3) is 0.273. The van der Waals surface area contributed by atoms with Crippen LogP contribution in [0.15, 0.2) is 18.2 Å². The highest BCUT2D eigenvalue weighted by molar-refractivity contribution is 5.56. The third-order valence-corrected chi connectivity index (χ3v) is 2.04. The minimum absolute atomic E-state index is 0.0893. The Kier molecular flexibility index (Phi) is 3.29. The van der Waals surface area contributed by atoms with Crippen molar-refractivity contribution in [1.29, 1.82) is 0 Å². The predicted molar refractivity (Wildman–Crippen MR) is 59.8 cm³/mol. The quantitative estimate of drug-likeness (QED) is 0.467. The van der Waals surface area contributed by atoms with Crippen molar-refractivity contribution < 1.29 is 4.92 Å². The maximum atomic E-state index is 10.5. The van der Waals surface area contributed by atoms with Gasteiger partial charge in [0.05, 0.1) is 11.0 Å². The molecule has 1 aromatic carbocycles. The maximum absolute atomic E-state index is 10.5. The van der Waals surface area contributed by atoms with E-state index < -0.39 is 4.92 Å². The van der Waals surface area contributed by atoms with Crippen LogP contribution in [0.4, 0.5) is 11.4 Å². The summed E-state index contributed by atoms with van der Waals surface area (Å²) in [6.07, 6.45) is 5.23. The van der Waals surface area contributed by atoms with Crippen LogP contribution in [0.1, 0.15) is 12.5 Å². The second kappa shape index (κ2) is 4.47. The van der Waals surface area contributed by atoms with Gasteiger partial charge in [-0.2, -0.15) is 0 Å². The number of nitrogens with one attached hydrogen (secondary N) is 1. The number of non-ortho nitro benzene ring substituents is 1. The van der Waals surface area contributed by atoms with E-state index in [-0.39, 0.29) is 11.7 Å². The molecule has 4 heteroatoms. The summed E-state index contributed by atoms with van der Waals surface area (Å²) >= 11 is 0. The van der Waals surface area contributed by atoms with E-state index in [0.717, 1.165) is 11.3 Å². The summed E-state index contributed by atoms with van der Waals surface area (Å²) in [5.41, 5.74) is 1.73. The largest absolute Gasteiger partial charge is 0.372 e. The van der Waals surface area contributed by atoms with Crippen LogP contribution in [0.3, 0.4) is 0 Å². The van der Waals surface area contributed by atoms with Crippen LogP contribution < -0.4 is 5.32 Å². The number of hydrogen-bond acceptors (Lipinski definition) is 3. The first-order valence-corrected chi connectivity index (χ1v) is 4.52. The zero-order chi connectivity index (χ0) is 11.4. The summed E-state index contributed by atoms with van der Waals surface area (Å²) in [4.78, 5) is 10.1. The average molecular weight is 204 g/mol. The summed E-state index contributed by atoms with van der Waals surface area (Å²) in [5.74, 6) is 2.53. The lowest BCUT2D eigenvalue weighted by atomic mass is 10.1. The van der Waals surface area contributed by atoms with Crippen LogP contribution >= 0.6 is 0 Å². The van der Waals surface area contributed by atoms with Crippen molar-refractivity contribution in [1.82, 2.24) is 0 Å². The van der Waals surface area contributed by atoms with Gasteiger partial charge in [-0.3, -0.25) is 10.1 Å². The highest BCUT2D eigenvalue weighted by Gasteiger charge is 2.08. The van der Waals surface area contributed by atoms with Crippen LogP contribution in [0.2, 0.25) is 0 Å². The normalized spacial score (nSPS) is 11.5. The van der Waals surface area contributed by atoms with Crippen molar-refractivity contribution in [3.05, 3.63) is 33.9 Å². The Hall–Kier alpha value is -2.02. The van der Waals surface area contributed by atoms with E-state index in [0.29, 0.717) is 0 Å². The van der Waals surface area contributed by atoms with Gasteiger partial charge in [0.1, 0.15) is 0 Å². The molecule has 0 spiro atoms. The Morgan fingerprint density at radius 1 is 1.60 bits per heavy atom. The number of nitrogens with zero attached hydrogens (tertiary/aromatic N) is 1. The van der Waals surface area contributed by atoms with Gasteiger partial charge < -0.3 is 5.32 Å². The molecule has 0 bridgehead atoms. The number of terminal acetylenes is 1. The van der Waals surface area contributed by atoms with E-state index in [2.05, 4.69) is 11.2 Å². The highest BCUT2D eigenvalue weighted by atomic mass is 16.6. The van der Waals surface area contributed by atoms with Gasteiger partial charge in [-0.25, -0.2) is 0 Å². The Morgan fingerprint density at radius 2 is 2.27 bits per heavy atom. The van der Waals surface area contributed by atoms with E-state index in [1.165, 1.54) is 12.1 Å². The van der Waals surface area contributed by atoms with Crippen LogP contribution in [0, 0.1) is 29.4 Å². The molecule has 78 valence electrons. The second-order valence-corrected chi connectivity index (χ2v) is 3.29. The molecule has 0 saturated heterocycles. The Bertz CT molecular complexity index is 421. The van der Waals surface area contributed by atoms with Gasteiger partial charge in [0.25, 0.3) is 5.69 Å². The molecule has 4 nitrogen and oxygen atoms in total. The van der Waals surface area contributed by atoms with Gasteiger partial charge in [0.15, 0.2) is 0 Å². The molecule has 1 aromatic rings. The van der Waals surface area contributed by atoms with Crippen LogP contribution in [0.25, 0.3) is 0 Å². The molecular weight excluding hydrogens is 192 g/mol. The SMILES string of the molecule is C#CC(C)Nc1ccc([N+](=O)[O-])cc1C. The van der Waals surface area contributed by atoms with Crippen LogP contribution in [0.5, 0.6) is 0 Å². The lowest BCUT2D eigenvalue weighted by Gasteiger charge is -2.11. The zero-order valence-corrected chi connectivity index (χ0v) is 8.65. The van der Waals surface area contributed by atoms with Gasteiger partial charge in [0, 0.05) is 17.8 Å². The van der Waals surface area contributed by atoms with Gasteiger partial charge in [-0.15, -0.1) is 6.42 Å². The van der Waals surface area contributed by atoms with Crippen molar-refractivity contribution in [3.63, 3.8) is 0 Å². The van der Waals surface area contributed by atoms with Crippen LogP contribution in [-0.4, -0.2) is 11.0 Å². The third-order valence-electron chi connectivity index (χ3n) is 2.04. The molecule has 1 rings (SSSR count). The minimum Gasteiger partial charge on any atom is -0.372 e. The Labute approximate surface area is 88.5 Å². The molecule has 0 aliphatic rings. The molecule has 0 aliphatic heterocycles. The standard InChI is InChI=1S/C11H12N2O2/c1-4-9(3)12-11-6-5-10(13(14)15)7-8(11)2/h1,5-7,9,12H,2-3H3. The maximum Gasteiger partial charge on any atom is 0.269 e. The molecule has 0 aliphatic carbocycles. The van der Waals surface area contributed by atoms with Crippen molar-refractivity contribution in [2.24, 2.45) is 0 Å². The van der Waals surface area contributed by atoms with Gasteiger partial charge >= 0.3 is 0 Å². The van der Waals surface area contributed by atoms with Gasteiger partial charge in [0.2, 0.25) is 0 Å². The number of rotatable bonds is 3. The van der Waals surface area contributed by atoms with E-state index >= 15 is 0 Å². The number of hydrogen-bond donors (Lipinski definition) is 1. The highest BCUT2D eigenvalue weighted by Crippen LogP contribution is 2.21. The summed E-state index contributed by atoms with van der Waals surface area (Å²) in [7, 11) is 0. The van der Waals surface area contributed by atoms with Crippen molar-refractivity contribution in [2.75, 3.05) is 5.32 Å². The van der Waals surface area contributed by atoms with Crippen LogP contribution in [-0.2, 0) is 0 Å². The Balaban J connectivity index is 2.94. The van der Waals surface area contributed by atoms with E-state index in [4.69, 9.17) is 6.42 Å². The zero-order valence-electron chi connectivity index (χ0n) is 8.65. The topological polar surface area (TPSA) is 55.2 Å². The fourth-order valence-corrected chi connectivity index (χ4v) is 1.20. The lowest BCUT2D eigenvalue weighted by Crippen LogP contribution is -2.12. The first kappa shape index (κ1) is 11.1. The fourth-order valence-electron chi connectivity index (χ4n) is 1.20. The number of nitro groups is 1. The van der Waals surface area contributed by atoms with Gasteiger partial charge in [-0.05, 0) is 25.5 Å². The third kappa shape index (κ3) is 2.71. The summed E-state index contributed by atoms with van der Waals surface area (Å²) in [6, 6.07) is 4.55. The molecule has 1 N–H and O–H groups in total. The minimum atomic E-state index is -0.415. The smallest absolute Gasteiger partial charge is 0.269 e. The van der Waals surface area contributed by atoms with E-state index in [9.17, 15) is 10.1 Å². The molecule has 0 radical (unpaired) electrons. The van der Waals surface area contributed by atoms with E-state index in [1.54, 1.807) is 13.0 Å². The Morgan fingerprint density at radius 3 is 2.73 bits per heavy atom. The summed E-state index contributed by atoms with van der Waals surface area (Å²) < 4.78 is 0. The second-order valence-electron chi connectivity index (χ2n) is 3.29. The molecule has 0 fully saturated rings. The van der Waals surface area contributed by atoms with Crippen molar-refractivity contribution in [2.45, 2.75) is 19.9 Å². The first-order valence-electron chi connectivity index (χ1n) is 4.52. The molecule has 1 atom stereocenters. The molecule has 15 heavy (non-hydrogen) atoms. The summed E-state index contributed by atoms with van der Waals surface area (Å²) in [6.45, 7) is 3.65. The predicted octanol–water partition coefficient (Wildman–Crippen LogP) is 2.34. The number of aryl methyl sites for hydroxylation is 1. The van der Waals surface area contributed by atoms with E-state index in [1.807, 2.05) is 6.92 Å². The monoisotopic (exact) mass is 204 g/mol. The first-order chi connectivity index (χ1) is 7.04. The average Bonchev–Trinajstić information content (AvgIpc) is 2.20. The number of anilines is 1. The molecule has 1 unspecified atom stereocenters. The van der Waals surface area contributed by atoms with Gasteiger partial charge in [-0.1, -0.05) is 5.92 Å². The molecule has 0 saturated carbocycles. The number of nitro benzene ring substituents is 1. The molecule has 0 heterocycles. The lowest BCUT2D eigenvalue weighted by molar-refractivity contribution is -0.384. The van der Waals surface area contributed by atoms with Crippen molar-refractivity contribution >= 4 is 11.4 Å². The van der Waals surface area contributed by atoms with Crippen molar-refractivity contribution in [3.8, 4) is 12.3 Å². The molecule has 0 amide bonds.